The van der Waals surface area contributed by atoms with E-state index in [1.807, 2.05) is 0 Å². The summed E-state index contributed by atoms with van der Waals surface area (Å²) in [6.07, 6.45) is 0. The van der Waals surface area contributed by atoms with E-state index in [2.05, 4.69) is 63.7 Å². The molecule has 202 valence electrons. The molecular weight excluding hydrogens is 796 g/mol. The lowest BCUT2D eigenvalue weighted by molar-refractivity contribution is -0.132. The second-order valence-electron chi connectivity index (χ2n) is 8.12. The molecule has 0 saturated heterocycles. The standard InChI is InChI=1S/C24H8Br4F4O7/c1-5(33)36-21-9(25)3-7-19(13(21)27)38-20-8(4-10(26)22(14(20)28)37-6(2)34)24(7)12-11(23(35)39-24)15(29)17(31)18(32)16(12)30/h3-4H,1-2H3. The lowest BCUT2D eigenvalue weighted by Crippen LogP contribution is -2.34. The maximum absolute atomic E-state index is 15.6. The quantitative estimate of drug-likeness (QED) is 0.0863. The fourth-order valence-corrected chi connectivity index (χ4v) is 7.11. The minimum Gasteiger partial charge on any atom is -0.454 e. The molecule has 15 heteroatoms. The molecule has 1 spiro atoms. The van der Waals surface area contributed by atoms with Gasteiger partial charge in [-0.05, 0) is 75.9 Å². The third kappa shape index (κ3) is 3.95. The minimum absolute atomic E-state index is 0.0519. The van der Waals surface area contributed by atoms with Gasteiger partial charge in [-0.3, -0.25) is 9.59 Å². The number of esters is 3. The molecule has 0 aliphatic carbocycles. The van der Waals surface area contributed by atoms with Gasteiger partial charge in [0.1, 0.15) is 14.5 Å². The Morgan fingerprint density at radius 3 is 1.64 bits per heavy atom. The summed E-state index contributed by atoms with van der Waals surface area (Å²) in [6, 6.07) is 2.45. The zero-order chi connectivity index (χ0) is 28.7. The summed E-state index contributed by atoms with van der Waals surface area (Å²) in [5, 5.41) is 0. The number of carbonyl (C=O) groups excluding carboxylic acids is 3. The van der Waals surface area contributed by atoms with Gasteiger partial charge >= 0.3 is 17.9 Å². The molecule has 39 heavy (non-hydrogen) atoms. The minimum atomic E-state index is -2.46. The lowest BCUT2D eigenvalue weighted by atomic mass is 9.77. The molecule has 2 heterocycles. The summed E-state index contributed by atoms with van der Waals surface area (Å²) in [5.41, 5.74) is -4.96. The summed E-state index contributed by atoms with van der Waals surface area (Å²) in [5.74, 6) is -11.8. The topological polar surface area (TPSA) is 88.1 Å². The van der Waals surface area contributed by atoms with Gasteiger partial charge in [-0.2, -0.15) is 0 Å². The average Bonchev–Trinajstić information content (AvgIpc) is 3.16. The van der Waals surface area contributed by atoms with Gasteiger partial charge in [-0.1, -0.05) is 0 Å². The number of carbonyl (C=O) groups is 3. The summed E-state index contributed by atoms with van der Waals surface area (Å²) >= 11 is 13.0. The van der Waals surface area contributed by atoms with Crippen molar-refractivity contribution in [3.8, 4) is 23.0 Å². The molecule has 3 aromatic carbocycles. The van der Waals surface area contributed by atoms with E-state index in [9.17, 15) is 27.6 Å². The number of ether oxygens (including phenoxy) is 4. The van der Waals surface area contributed by atoms with Crippen LogP contribution in [0.25, 0.3) is 0 Å². The van der Waals surface area contributed by atoms with E-state index in [1.165, 1.54) is 12.1 Å². The molecule has 7 nitrogen and oxygen atoms in total. The molecule has 0 bridgehead atoms. The van der Waals surface area contributed by atoms with Crippen LogP contribution in [0.1, 0.15) is 40.9 Å². The van der Waals surface area contributed by atoms with E-state index in [0.29, 0.717) is 0 Å². The van der Waals surface area contributed by atoms with E-state index in [4.69, 9.17) is 18.9 Å². The van der Waals surface area contributed by atoms with Crippen LogP contribution in [0, 0.1) is 23.3 Å². The van der Waals surface area contributed by atoms with Crippen molar-refractivity contribution in [1.29, 1.82) is 0 Å². The number of rotatable bonds is 2. The van der Waals surface area contributed by atoms with Gasteiger partial charge < -0.3 is 18.9 Å². The highest BCUT2D eigenvalue weighted by Gasteiger charge is 2.59. The maximum Gasteiger partial charge on any atom is 0.343 e. The molecule has 0 atom stereocenters. The lowest BCUT2D eigenvalue weighted by Gasteiger charge is -2.38. The molecule has 0 saturated carbocycles. The molecule has 0 radical (unpaired) electrons. The van der Waals surface area contributed by atoms with Crippen molar-refractivity contribution in [2.24, 2.45) is 0 Å². The first-order valence-corrected chi connectivity index (χ1v) is 13.6. The highest BCUT2D eigenvalue weighted by Crippen LogP contribution is 2.63. The predicted molar refractivity (Wildman–Crippen MR) is 138 cm³/mol. The van der Waals surface area contributed by atoms with Gasteiger partial charge in [0.15, 0.2) is 51.9 Å². The number of hydrogen-bond acceptors (Lipinski definition) is 7. The molecule has 0 fully saturated rings. The normalized spacial score (nSPS) is 14.3. The zero-order valence-electron chi connectivity index (χ0n) is 19.0. The number of fused-ring (bicyclic) bond motifs is 6. The van der Waals surface area contributed by atoms with Gasteiger partial charge in [0.2, 0.25) is 0 Å². The molecule has 3 aromatic rings. The smallest absolute Gasteiger partial charge is 0.343 e. The summed E-state index contributed by atoms with van der Waals surface area (Å²) in [4.78, 5) is 36.5. The van der Waals surface area contributed by atoms with Gasteiger partial charge in [0, 0.05) is 13.8 Å². The van der Waals surface area contributed by atoms with E-state index < -0.39 is 57.9 Å². The fraction of sp³-hybridized carbons (Fsp3) is 0.125. The first-order valence-electron chi connectivity index (χ1n) is 10.4. The highest BCUT2D eigenvalue weighted by atomic mass is 79.9. The largest absolute Gasteiger partial charge is 0.454 e. The van der Waals surface area contributed by atoms with Crippen LogP contribution in [-0.2, 0) is 19.9 Å². The number of halogens is 8. The number of hydrogen-bond donors (Lipinski definition) is 0. The Labute approximate surface area is 249 Å². The predicted octanol–water partition coefficient (Wildman–Crippen LogP) is 7.71. The first kappa shape index (κ1) is 28.1. The van der Waals surface area contributed by atoms with Crippen molar-refractivity contribution in [3.63, 3.8) is 0 Å². The van der Waals surface area contributed by atoms with E-state index >= 15 is 4.39 Å². The van der Waals surface area contributed by atoms with Crippen LogP contribution in [0.3, 0.4) is 0 Å². The summed E-state index contributed by atoms with van der Waals surface area (Å²) < 4.78 is 81.6. The molecule has 5 rings (SSSR count). The molecule has 2 aliphatic heterocycles. The summed E-state index contributed by atoms with van der Waals surface area (Å²) in [7, 11) is 0. The van der Waals surface area contributed by atoms with Crippen LogP contribution in [0.15, 0.2) is 30.0 Å². The Morgan fingerprint density at radius 1 is 0.769 bits per heavy atom. The summed E-state index contributed by atoms with van der Waals surface area (Å²) in [6.45, 7) is 2.25. The van der Waals surface area contributed by atoms with Crippen LogP contribution >= 0.6 is 63.7 Å². The third-order valence-corrected chi connectivity index (χ3v) is 8.40. The second-order valence-corrected chi connectivity index (χ2v) is 11.4. The Balaban J connectivity index is 1.99. The molecule has 0 N–H and O–H groups in total. The van der Waals surface area contributed by atoms with E-state index in [1.54, 1.807) is 0 Å². The molecular formula is C24H8Br4F4O7. The Morgan fingerprint density at radius 2 is 1.21 bits per heavy atom. The molecule has 0 amide bonds. The third-order valence-electron chi connectivity index (χ3n) is 5.79. The van der Waals surface area contributed by atoms with Crippen LogP contribution in [0.4, 0.5) is 17.6 Å². The van der Waals surface area contributed by atoms with Gasteiger partial charge in [0.05, 0.1) is 25.6 Å². The van der Waals surface area contributed by atoms with Crippen LogP contribution < -0.4 is 14.2 Å². The SMILES string of the molecule is CC(=O)Oc1c(Br)cc2c(c1Br)Oc1c(cc(Br)c(OC(C)=O)c1Br)C21OC(=O)c2c(F)c(F)c(F)c(F)c21. The van der Waals surface area contributed by atoms with Crippen molar-refractivity contribution < 1.29 is 50.9 Å². The zero-order valence-corrected chi connectivity index (χ0v) is 25.4. The van der Waals surface area contributed by atoms with Crippen molar-refractivity contribution in [1.82, 2.24) is 0 Å². The molecule has 0 unspecified atom stereocenters. The Kier molecular flexibility index (Phi) is 6.88. The Hall–Kier alpha value is -2.49. The van der Waals surface area contributed by atoms with Crippen LogP contribution in [0.5, 0.6) is 23.0 Å². The Bertz CT molecular complexity index is 1620. The van der Waals surface area contributed by atoms with Crippen molar-refractivity contribution in [2.75, 3.05) is 0 Å². The first-order chi connectivity index (χ1) is 18.2. The van der Waals surface area contributed by atoms with E-state index in [-0.39, 0.29) is 52.0 Å². The molecule has 2 aliphatic rings. The van der Waals surface area contributed by atoms with E-state index in [0.717, 1.165) is 13.8 Å². The van der Waals surface area contributed by atoms with Crippen molar-refractivity contribution in [2.45, 2.75) is 19.4 Å². The van der Waals surface area contributed by atoms with Crippen molar-refractivity contribution >= 4 is 81.6 Å². The second kappa shape index (κ2) is 9.56. The maximum atomic E-state index is 15.6. The van der Waals surface area contributed by atoms with Gasteiger partial charge in [-0.25, -0.2) is 22.4 Å². The fourth-order valence-electron chi connectivity index (χ4n) is 4.39. The van der Waals surface area contributed by atoms with Gasteiger partial charge in [0.25, 0.3) is 0 Å². The van der Waals surface area contributed by atoms with Crippen LogP contribution in [-0.4, -0.2) is 17.9 Å². The van der Waals surface area contributed by atoms with Crippen molar-refractivity contribution in [3.05, 3.63) is 75.5 Å². The number of benzene rings is 3. The van der Waals surface area contributed by atoms with Crippen LogP contribution in [0.2, 0.25) is 0 Å². The van der Waals surface area contributed by atoms with Gasteiger partial charge in [-0.15, -0.1) is 0 Å². The highest BCUT2D eigenvalue weighted by molar-refractivity contribution is 9.11. The monoisotopic (exact) mass is 800 g/mol. The average molecular weight is 804 g/mol. The molecule has 0 aromatic heterocycles.